The molecule has 0 spiro atoms. The lowest BCUT2D eigenvalue weighted by molar-refractivity contribution is 0.414. The summed E-state index contributed by atoms with van der Waals surface area (Å²) >= 11 is 0. The number of nitrogens with zero attached hydrogens (tertiary/aromatic N) is 3. The lowest BCUT2D eigenvalue weighted by atomic mass is 10.3. The molecule has 0 radical (unpaired) electrons. The smallest absolute Gasteiger partial charge is 0.243 e. The molecule has 1 aromatic carbocycles. The molecule has 0 aliphatic heterocycles. The van der Waals surface area contributed by atoms with Crippen LogP contribution in [-0.4, -0.2) is 30.3 Å². The Morgan fingerprint density at radius 1 is 1.45 bits per heavy atom. The Morgan fingerprint density at radius 2 is 2.20 bits per heavy atom. The van der Waals surface area contributed by atoms with Crippen molar-refractivity contribution < 1.29 is 13.2 Å². The minimum Gasteiger partial charge on any atom is -0.497 e. The quantitative estimate of drug-likeness (QED) is 0.744. The summed E-state index contributed by atoms with van der Waals surface area (Å²) in [5.41, 5.74) is 5.85. The molecule has 0 unspecified atom stereocenters. The highest BCUT2D eigenvalue weighted by Gasteiger charge is 2.18. The number of ether oxygens (including phenoxy) is 1. The zero-order valence-corrected chi connectivity index (χ0v) is 11.9. The first kappa shape index (κ1) is 14.3. The molecule has 2 rings (SSSR count). The van der Waals surface area contributed by atoms with Gasteiger partial charge in [0.05, 0.1) is 19.3 Å². The molecule has 0 aliphatic carbocycles. The lowest BCUT2D eigenvalue weighted by Gasteiger charge is -2.10. The molecule has 0 saturated heterocycles. The normalized spacial score (nSPS) is 11.5. The van der Waals surface area contributed by atoms with Crippen molar-refractivity contribution in [2.75, 3.05) is 12.8 Å². The fourth-order valence-corrected chi connectivity index (χ4v) is 2.69. The molecule has 0 fully saturated rings. The van der Waals surface area contributed by atoms with E-state index in [4.69, 9.17) is 10.5 Å². The molecule has 0 saturated carbocycles. The zero-order valence-electron chi connectivity index (χ0n) is 11.1. The number of methoxy groups -OCH3 is 1. The maximum Gasteiger partial charge on any atom is 0.243 e. The number of aromatic nitrogens is 3. The van der Waals surface area contributed by atoms with Crippen LogP contribution in [0, 0.1) is 0 Å². The van der Waals surface area contributed by atoms with E-state index in [2.05, 4.69) is 14.9 Å². The van der Waals surface area contributed by atoms with E-state index in [9.17, 15) is 8.42 Å². The first-order valence-electron chi connectivity index (χ1n) is 5.70. The lowest BCUT2D eigenvalue weighted by Crippen LogP contribution is -2.25. The summed E-state index contributed by atoms with van der Waals surface area (Å²) in [6.07, 6.45) is 1.49. The summed E-state index contributed by atoms with van der Waals surface area (Å²) in [7, 11) is -0.511. The first-order chi connectivity index (χ1) is 9.44. The summed E-state index contributed by atoms with van der Waals surface area (Å²) in [5, 5.41) is 7.47. The Balaban J connectivity index is 2.20. The van der Waals surface area contributed by atoms with Crippen molar-refractivity contribution in [3.05, 3.63) is 30.4 Å². The van der Waals surface area contributed by atoms with Crippen LogP contribution >= 0.6 is 0 Å². The van der Waals surface area contributed by atoms with Gasteiger partial charge in [-0.2, -0.15) is 0 Å². The Kier molecular flexibility index (Phi) is 3.91. The Bertz CT molecular complexity index is 711. The summed E-state index contributed by atoms with van der Waals surface area (Å²) in [5.74, 6) is 0.996. The molecule has 9 heteroatoms. The van der Waals surface area contributed by atoms with E-state index in [1.165, 1.54) is 31.6 Å². The van der Waals surface area contributed by atoms with E-state index in [-0.39, 0.29) is 17.1 Å². The highest BCUT2D eigenvalue weighted by atomic mass is 32.2. The number of sulfonamides is 1. The number of anilines is 1. The van der Waals surface area contributed by atoms with Gasteiger partial charge in [0, 0.05) is 13.1 Å². The Labute approximate surface area is 116 Å². The van der Waals surface area contributed by atoms with Gasteiger partial charge in [-0.15, -0.1) is 10.2 Å². The van der Waals surface area contributed by atoms with Crippen LogP contribution in [0.1, 0.15) is 5.82 Å². The van der Waals surface area contributed by atoms with Crippen molar-refractivity contribution in [3.63, 3.8) is 0 Å². The Morgan fingerprint density at radius 3 is 2.75 bits per heavy atom. The van der Waals surface area contributed by atoms with Crippen molar-refractivity contribution in [2.45, 2.75) is 11.4 Å². The van der Waals surface area contributed by atoms with Gasteiger partial charge in [0.2, 0.25) is 10.0 Å². The predicted molar refractivity (Wildman–Crippen MR) is 72.4 cm³/mol. The SMILES string of the molecule is COc1ccc(S(=O)(=O)NCc2nncn2C)c(N)c1. The number of nitrogens with one attached hydrogen (secondary N) is 1. The number of rotatable bonds is 5. The molecular formula is C11H15N5O3S. The fraction of sp³-hybridized carbons (Fsp3) is 0.273. The van der Waals surface area contributed by atoms with E-state index in [1.807, 2.05) is 0 Å². The predicted octanol–water partition coefficient (Wildman–Crippen LogP) is -0.116. The van der Waals surface area contributed by atoms with Crippen LogP contribution in [0.15, 0.2) is 29.4 Å². The van der Waals surface area contributed by atoms with Gasteiger partial charge < -0.3 is 15.0 Å². The van der Waals surface area contributed by atoms with Crippen LogP contribution < -0.4 is 15.2 Å². The summed E-state index contributed by atoms with van der Waals surface area (Å²) < 4.78 is 33.4. The summed E-state index contributed by atoms with van der Waals surface area (Å²) in [6.45, 7) is 0.0320. The van der Waals surface area contributed by atoms with E-state index >= 15 is 0 Å². The monoisotopic (exact) mass is 297 g/mol. The van der Waals surface area contributed by atoms with Crippen LogP contribution in [0.5, 0.6) is 5.75 Å². The maximum atomic E-state index is 12.2. The van der Waals surface area contributed by atoms with E-state index in [0.29, 0.717) is 11.6 Å². The number of nitrogens with two attached hydrogens (primary N) is 1. The third-order valence-electron chi connectivity index (χ3n) is 2.73. The third-order valence-corrected chi connectivity index (χ3v) is 4.21. The third kappa shape index (κ3) is 2.89. The molecular weight excluding hydrogens is 282 g/mol. The largest absolute Gasteiger partial charge is 0.497 e. The molecule has 0 atom stereocenters. The number of nitrogen functional groups attached to an aromatic ring is 1. The standard InChI is InChI=1S/C11H15N5O3S/c1-16-7-13-15-11(16)6-14-20(17,18)10-4-3-8(19-2)5-9(10)12/h3-5,7,14H,6,12H2,1-2H3. The minimum absolute atomic E-state index is 0.000434. The molecule has 0 aliphatic rings. The first-order valence-corrected chi connectivity index (χ1v) is 7.18. The second-order valence-electron chi connectivity index (χ2n) is 4.09. The fourth-order valence-electron chi connectivity index (χ4n) is 1.60. The maximum absolute atomic E-state index is 12.2. The number of benzene rings is 1. The molecule has 2 aromatic rings. The molecule has 3 N–H and O–H groups in total. The Hall–Kier alpha value is -2.13. The molecule has 1 heterocycles. The molecule has 20 heavy (non-hydrogen) atoms. The van der Waals surface area contributed by atoms with Gasteiger partial charge in [-0.1, -0.05) is 0 Å². The van der Waals surface area contributed by atoms with Crippen LogP contribution in [0.25, 0.3) is 0 Å². The van der Waals surface area contributed by atoms with Gasteiger partial charge in [0.15, 0.2) is 0 Å². The van der Waals surface area contributed by atoms with Crippen LogP contribution in [-0.2, 0) is 23.6 Å². The second-order valence-corrected chi connectivity index (χ2v) is 5.82. The molecule has 1 aromatic heterocycles. The average Bonchev–Trinajstić information content (AvgIpc) is 2.81. The van der Waals surface area contributed by atoms with Crippen molar-refractivity contribution in [3.8, 4) is 5.75 Å². The minimum atomic E-state index is -3.72. The topological polar surface area (TPSA) is 112 Å². The molecule has 0 amide bonds. The van der Waals surface area contributed by atoms with Crippen molar-refractivity contribution >= 4 is 15.7 Å². The van der Waals surface area contributed by atoms with Gasteiger partial charge in [-0.05, 0) is 12.1 Å². The molecule has 0 bridgehead atoms. The van der Waals surface area contributed by atoms with Crippen LogP contribution in [0.2, 0.25) is 0 Å². The van der Waals surface area contributed by atoms with Gasteiger partial charge in [0.1, 0.15) is 22.8 Å². The van der Waals surface area contributed by atoms with Gasteiger partial charge in [0.25, 0.3) is 0 Å². The molecule has 108 valence electrons. The van der Waals surface area contributed by atoms with Gasteiger partial charge in [-0.25, -0.2) is 13.1 Å². The summed E-state index contributed by atoms with van der Waals surface area (Å²) in [6, 6.07) is 4.39. The highest BCUT2D eigenvalue weighted by molar-refractivity contribution is 7.89. The van der Waals surface area contributed by atoms with Crippen molar-refractivity contribution in [1.29, 1.82) is 0 Å². The van der Waals surface area contributed by atoms with E-state index in [1.54, 1.807) is 11.6 Å². The van der Waals surface area contributed by atoms with Gasteiger partial charge >= 0.3 is 0 Å². The average molecular weight is 297 g/mol. The number of hydrogen-bond acceptors (Lipinski definition) is 6. The zero-order chi connectivity index (χ0) is 14.8. The van der Waals surface area contributed by atoms with E-state index in [0.717, 1.165) is 0 Å². The summed E-state index contributed by atoms with van der Waals surface area (Å²) in [4.78, 5) is 0.000434. The van der Waals surface area contributed by atoms with Crippen LogP contribution in [0.4, 0.5) is 5.69 Å². The van der Waals surface area contributed by atoms with Crippen molar-refractivity contribution in [1.82, 2.24) is 19.5 Å². The highest BCUT2D eigenvalue weighted by Crippen LogP contribution is 2.23. The number of hydrogen-bond donors (Lipinski definition) is 2. The van der Waals surface area contributed by atoms with Gasteiger partial charge in [-0.3, -0.25) is 0 Å². The molecule has 8 nitrogen and oxygen atoms in total. The van der Waals surface area contributed by atoms with Crippen LogP contribution in [0.3, 0.4) is 0 Å². The second kappa shape index (κ2) is 5.47. The number of aryl methyl sites for hydroxylation is 1. The van der Waals surface area contributed by atoms with Crippen molar-refractivity contribution in [2.24, 2.45) is 7.05 Å². The van der Waals surface area contributed by atoms with E-state index < -0.39 is 10.0 Å².